The van der Waals surface area contributed by atoms with E-state index in [0.29, 0.717) is 0 Å². The Bertz CT molecular complexity index is 625. The van der Waals surface area contributed by atoms with Gasteiger partial charge in [-0.05, 0) is 55.2 Å². The molecule has 4 heteroatoms. The highest BCUT2D eigenvalue weighted by molar-refractivity contribution is 5.66. The summed E-state index contributed by atoms with van der Waals surface area (Å²) in [5.74, 6) is 0.695. The maximum Gasteiger partial charge on any atom is 0.302 e. The van der Waals surface area contributed by atoms with Gasteiger partial charge in [-0.3, -0.25) is 4.79 Å². The molecule has 0 aromatic heterocycles. The van der Waals surface area contributed by atoms with Gasteiger partial charge in [0, 0.05) is 25.9 Å². The van der Waals surface area contributed by atoms with Crippen LogP contribution in [0.1, 0.15) is 38.2 Å². The second-order valence-corrected chi connectivity index (χ2v) is 6.67. The molecular formula is C19H25NO3. The minimum absolute atomic E-state index is 0.000688. The standard InChI is InChI=1S/C19H25NO3/c1-14(21)23-18-8-7-16-13-20(2)10-9-19(16,12-18)15-5-4-6-17(11-15)22-3/h4-6,11,13,18H,7-10,12H2,1-3H3/t18-,19-/m1/s1. The second-order valence-electron chi connectivity index (χ2n) is 6.67. The molecule has 1 saturated carbocycles. The van der Waals surface area contributed by atoms with Crippen molar-refractivity contribution in [1.82, 2.24) is 4.90 Å². The summed E-state index contributed by atoms with van der Waals surface area (Å²) in [5, 5.41) is 0. The Hall–Kier alpha value is -1.97. The summed E-state index contributed by atoms with van der Waals surface area (Å²) in [6.07, 6.45) is 6.07. The Morgan fingerprint density at radius 3 is 2.96 bits per heavy atom. The molecule has 23 heavy (non-hydrogen) atoms. The number of rotatable bonds is 3. The van der Waals surface area contributed by atoms with Crippen molar-refractivity contribution in [3.05, 3.63) is 41.6 Å². The van der Waals surface area contributed by atoms with Gasteiger partial charge in [-0.15, -0.1) is 0 Å². The number of carbonyl (C=O) groups is 1. The van der Waals surface area contributed by atoms with E-state index < -0.39 is 0 Å². The normalized spacial score (nSPS) is 27.0. The van der Waals surface area contributed by atoms with Crippen LogP contribution in [0.15, 0.2) is 36.0 Å². The molecule has 0 radical (unpaired) electrons. The van der Waals surface area contributed by atoms with E-state index in [1.807, 2.05) is 12.1 Å². The number of allylic oxidation sites excluding steroid dienone is 1. The molecule has 3 rings (SSSR count). The first-order valence-electron chi connectivity index (χ1n) is 8.27. The molecule has 2 aliphatic rings. The molecule has 0 N–H and O–H groups in total. The monoisotopic (exact) mass is 315 g/mol. The van der Waals surface area contributed by atoms with Crippen LogP contribution < -0.4 is 4.74 Å². The summed E-state index contributed by atoms with van der Waals surface area (Å²) >= 11 is 0. The minimum Gasteiger partial charge on any atom is -0.497 e. The van der Waals surface area contributed by atoms with E-state index >= 15 is 0 Å². The molecule has 4 nitrogen and oxygen atoms in total. The minimum atomic E-state index is -0.184. The number of nitrogens with zero attached hydrogens (tertiary/aromatic N) is 1. The SMILES string of the molecule is COc1cccc([C@]23CCN(C)C=C2CC[C@@H](OC(C)=O)C3)c1. The summed E-state index contributed by atoms with van der Waals surface area (Å²) in [6, 6.07) is 8.34. The van der Waals surface area contributed by atoms with Crippen molar-refractivity contribution >= 4 is 5.97 Å². The lowest BCUT2D eigenvalue weighted by Crippen LogP contribution is -2.44. The zero-order chi connectivity index (χ0) is 16.4. The van der Waals surface area contributed by atoms with E-state index in [-0.39, 0.29) is 17.5 Å². The fourth-order valence-corrected chi connectivity index (χ4v) is 4.03. The Kier molecular flexibility index (Phi) is 4.33. The van der Waals surface area contributed by atoms with Crippen LogP contribution in [-0.2, 0) is 14.9 Å². The third kappa shape index (κ3) is 3.07. The van der Waals surface area contributed by atoms with Crippen LogP contribution in [0.25, 0.3) is 0 Å². The first-order chi connectivity index (χ1) is 11.0. The van der Waals surface area contributed by atoms with Gasteiger partial charge < -0.3 is 14.4 Å². The molecule has 0 amide bonds. The topological polar surface area (TPSA) is 38.8 Å². The van der Waals surface area contributed by atoms with Crippen LogP contribution in [0.2, 0.25) is 0 Å². The van der Waals surface area contributed by atoms with Gasteiger partial charge in [0.25, 0.3) is 0 Å². The number of fused-ring (bicyclic) bond motifs is 1. The third-order valence-electron chi connectivity index (χ3n) is 5.15. The van der Waals surface area contributed by atoms with Gasteiger partial charge in [-0.1, -0.05) is 12.1 Å². The van der Waals surface area contributed by atoms with Crippen LogP contribution in [0.5, 0.6) is 5.75 Å². The van der Waals surface area contributed by atoms with Crippen molar-refractivity contribution in [1.29, 1.82) is 0 Å². The average Bonchev–Trinajstić information content (AvgIpc) is 2.54. The van der Waals surface area contributed by atoms with Crippen LogP contribution in [0.3, 0.4) is 0 Å². The van der Waals surface area contributed by atoms with E-state index in [2.05, 4.69) is 30.3 Å². The van der Waals surface area contributed by atoms with Gasteiger partial charge in [0.2, 0.25) is 0 Å². The molecule has 1 fully saturated rings. The maximum absolute atomic E-state index is 11.4. The van der Waals surface area contributed by atoms with E-state index in [1.54, 1.807) is 7.11 Å². The summed E-state index contributed by atoms with van der Waals surface area (Å²) in [4.78, 5) is 13.7. The van der Waals surface area contributed by atoms with Gasteiger partial charge >= 0.3 is 5.97 Å². The molecule has 2 atom stereocenters. The quantitative estimate of drug-likeness (QED) is 0.803. The first kappa shape index (κ1) is 15.9. The molecule has 124 valence electrons. The van der Waals surface area contributed by atoms with Gasteiger partial charge in [0.05, 0.1) is 7.11 Å². The lowest BCUT2D eigenvalue weighted by atomic mass is 9.62. The third-order valence-corrected chi connectivity index (χ3v) is 5.15. The largest absolute Gasteiger partial charge is 0.497 e. The van der Waals surface area contributed by atoms with E-state index in [0.717, 1.165) is 38.0 Å². The van der Waals surface area contributed by atoms with Gasteiger partial charge in [-0.25, -0.2) is 0 Å². The molecule has 0 bridgehead atoms. The average molecular weight is 315 g/mol. The number of hydrogen-bond acceptors (Lipinski definition) is 4. The molecule has 1 heterocycles. The fraction of sp³-hybridized carbons (Fsp3) is 0.526. The predicted molar refractivity (Wildman–Crippen MR) is 89.4 cm³/mol. The molecule has 1 aromatic rings. The van der Waals surface area contributed by atoms with Crippen molar-refractivity contribution in [2.75, 3.05) is 20.7 Å². The van der Waals surface area contributed by atoms with Gasteiger partial charge in [0.1, 0.15) is 11.9 Å². The number of methoxy groups -OCH3 is 1. The summed E-state index contributed by atoms with van der Waals surface area (Å²) in [5.41, 5.74) is 2.68. The molecule has 0 unspecified atom stereocenters. The molecule has 0 saturated heterocycles. The maximum atomic E-state index is 11.4. The van der Waals surface area contributed by atoms with Crippen molar-refractivity contribution in [2.24, 2.45) is 0 Å². The molecular weight excluding hydrogens is 290 g/mol. The fourth-order valence-electron chi connectivity index (χ4n) is 4.03. The number of benzene rings is 1. The Labute approximate surface area is 138 Å². The highest BCUT2D eigenvalue weighted by Crippen LogP contribution is 2.49. The smallest absolute Gasteiger partial charge is 0.302 e. The van der Waals surface area contributed by atoms with Crippen molar-refractivity contribution < 1.29 is 14.3 Å². The summed E-state index contributed by atoms with van der Waals surface area (Å²) < 4.78 is 11.0. The zero-order valence-electron chi connectivity index (χ0n) is 14.2. The first-order valence-corrected chi connectivity index (χ1v) is 8.27. The van der Waals surface area contributed by atoms with Gasteiger partial charge in [0.15, 0.2) is 0 Å². The Morgan fingerprint density at radius 1 is 1.39 bits per heavy atom. The predicted octanol–water partition coefficient (Wildman–Crippen LogP) is 3.27. The number of hydrogen-bond donors (Lipinski definition) is 0. The van der Waals surface area contributed by atoms with Crippen LogP contribution in [-0.4, -0.2) is 37.7 Å². The number of ether oxygens (including phenoxy) is 2. The second kappa shape index (κ2) is 6.26. The highest BCUT2D eigenvalue weighted by Gasteiger charge is 2.44. The number of carbonyl (C=O) groups excluding carboxylic acids is 1. The van der Waals surface area contributed by atoms with Gasteiger partial charge in [-0.2, -0.15) is 0 Å². The summed E-state index contributed by atoms with van der Waals surface area (Å²) in [6.45, 7) is 2.51. The lowest BCUT2D eigenvalue weighted by molar-refractivity contribution is -0.148. The molecule has 1 aliphatic carbocycles. The molecule has 1 aromatic carbocycles. The van der Waals surface area contributed by atoms with Crippen LogP contribution in [0.4, 0.5) is 0 Å². The lowest BCUT2D eigenvalue weighted by Gasteiger charge is -2.47. The molecule has 0 spiro atoms. The van der Waals surface area contributed by atoms with Crippen LogP contribution in [0, 0.1) is 0 Å². The highest BCUT2D eigenvalue weighted by atomic mass is 16.5. The molecule has 1 aliphatic heterocycles. The van der Waals surface area contributed by atoms with Crippen molar-refractivity contribution in [3.8, 4) is 5.75 Å². The van der Waals surface area contributed by atoms with Crippen molar-refractivity contribution in [3.63, 3.8) is 0 Å². The van der Waals surface area contributed by atoms with Crippen molar-refractivity contribution in [2.45, 2.75) is 44.1 Å². The summed E-state index contributed by atoms with van der Waals surface area (Å²) in [7, 11) is 3.82. The Morgan fingerprint density at radius 2 is 2.22 bits per heavy atom. The Balaban J connectivity index is 2.00. The zero-order valence-corrected chi connectivity index (χ0v) is 14.2. The van der Waals surface area contributed by atoms with E-state index in [1.165, 1.54) is 18.1 Å². The number of esters is 1. The van der Waals surface area contributed by atoms with E-state index in [4.69, 9.17) is 9.47 Å². The van der Waals surface area contributed by atoms with E-state index in [9.17, 15) is 4.79 Å². The van der Waals surface area contributed by atoms with Crippen LogP contribution >= 0.6 is 0 Å².